The predicted molar refractivity (Wildman–Crippen MR) is 86.9 cm³/mol. The Hall–Kier alpha value is -1.44. The van der Waals surface area contributed by atoms with E-state index < -0.39 is 0 Å². The van der Waals surface area contributed by atoms with Crippen LogP contribution < -0.4 is 0 Å². The Morgan fingerprint density at radius 2 is 2.14 bits per heavy atom. The zero-order valence-electron chi connectivity index (χ0n) is 12.8. The van der Waals surface area contributed by atoms with Gasteiger partial charge in [0.05, 0.1) is 13.2 Å². The largest absolute Gasteiger partial charge is 0.379 e. The summed E-state index contributed by atoms with van der Waals surface area (Å²) in [5, 5.41) is 9.67. The van der Waals surface area contributed by atoms with Crippen LogP contribution in [0.3, 0.4) is 0 Å². The van der Waals surface area contributed by atoms with Crippen LogP contribution in [0.15, 0.2) is 29.7 Å². The maximum absolute atomic E-state index is 5.37. The van der Waals surface area contributed by atoms with Crippen molar-refractivity contribution >= 4 is 11.8 Å². The number of hydrogen-bond donors (Lipinski definition) is 0. The standard InChI is InChI=1S/C15H21N5OS/c1-2-20-14(13-4-3-5-16-12-13)17-18-15(20)22-11-8-19-6-9-21-10-7-19/h3-5,12H,2,6-11H2,1H3. The van der Waals surface area contributed by atoms with E-state index in [1.807, 2.05) is 18.3 Å². The third kappa shape index (κ3) is 3.66. The molecule has 2 aromatic rings. The normalized spacial score (nSPS) is 16.0. The number of ether oxygens (including phenoxy) is 1. The van der Waals surface area contributed by atoms with Crippen LogP contribution in [-0.2, 0) is 11.3 Å². The summed E-state index contributed by atoms with van der Waals surface area (Å²) in [5.74, 6) is 1.91. The van der Waals surface area contributed by atoms with Crippen molar-refractivity contribution in [3.05, 3.63) is 24.5 Å². The first-order valence-corrected chi connectivity index (χ1v) is 8.63. The second-order valence-electron chi connectivity index (χ2n) is 5.09. The number of hydrogen-bond acceptors (Lipinski definition) is 6. The Morgan fingerprint density at radius 3 is 2.86 bits per heavy atom. The van der Waals surface area contributed by atoms with Crippen molar-refractivity contribution in [2.24, 2.45) is 0 Å². The maximum atomic E-state index is 5.37. The van der Waals surface area contributed by atoms with Crippen molar-refractivity contribution in [2.75, 3.05) is 38.6 Å². The van der Waals surface area contributed by atoms with Crippen LogP contribution in [-0.4, -0.2) is 63.2 Å². The highest BCUT2D eigenvalue weighted by Crippen LogP contribution is 2.23. The second-order valence-corrected chi connectivity index (χ2v) is 6.16. The Bertz CT molecular complexity index is 583. The molecule has 3 rings (SSSR count). The van der Waals surface area contributed by atoms with Crippen LogP contribution in [0.2, 0.25) is 0 Å². The third-order valence-corrected chi connectivity index (χ3v) is 4.64. The molecule has 2 aromatic heterocycles. The lowest BCUT2D eigenvalue weighted by molar-refractivity contribution is 0.0410. The van der Waals surface area contributed by atoms with Gasteiger partial charge in [-0.25, -0.2) is 0 Å². The minimum absolute atomic E-state index is 0.848. The van der Waals surface area contributed by atoms with Gasteiger partial charge in [-0.05, 0) is 19.1 Å². The van der Waals surface area contributed by atoms with Crippen molar-refractivity contribution in [1.82, 2.24) is 24.6 Å². The summed E-state index contributed by atoms with van der Waals surface area (Å²) in [7, 11) is 0. The van der Waals surface area contributed by atoms with E-state index >= 15 is 0 Å². The predicted octanol–water partition coefficient (Wildman–Crippen LogP) is 1.78. The summed E-state index contributed by atoms with van der Waals surface area (Å²) >= 11 is 1.77. The number of nitrogens with zero attached hydrogens (tertiary/aromatic N) is 5. The molecule has 0 aromatic carbocycles. The molecule has 0 atom stereocenters. The molecule has 0 radical (unpaired) electrons. The minimum atomic E-state index is 0.848. The number of aromatic nitrogens is 4. The van der Waals surface area contributed by atoms with E-state index in [4.69, 9.17) is 4.74 Å². The van der Waals surface area contributed by atoms with Gasteiger partial charge in [0, 0.05) is 49.9 Å². The van der Waals surface area contributed by atoms with Crippen LogP contribution in [0.5, 0.6) is 0 Å². The molecule has 1 fully saturated rings. The molecule has 0 spiro atoms. The third-order valence-electron chi connectivity index (χ3n) is 3.70. The fraction of sp³-hybridized carbons (Fsp3) is 0.533. The van der Waals surface area contributed by atoms with Gasteiger partial charge in [-0.1, -0.05) is 11.8 Å². The Kier molecular flexibility index (Phi) is 5.42. The average Bonchev–Trinajstić information content (AvgIpc) is 2.99. The van der Waals surface area contributed by atoms with E-state index in [2.05, 4.69) is 31.6 Å². The lowest BCUT2D eigenvalue weighted by Crippen LogP contribution is -2.37. The van der Waals surface area contributed by atoms with Gasteiger partial charge in [0.1, 0.15) is 0 Å². The first-order chi connectivity index (χ1) is 10.9. The highest BCUT2D eigenvalue weighted by molar-refractivity contribution is 7.99. The molecule has 0 N–H and O–H groups in total. The van der Waals surface area contributed by atoms with Gasteiger partial charge >= 0.3 is 0 Å². The van der Waals surface area contributed by atoms with Crippen LogP contribution in [0.25, 0.3) is 11.4 Å². The van der Waals surface area contributed by atoms with Gasteiger partial charge in [-0.15, -0.1) is 10.2 Å². The highest BCUT2D eigenvalue weighted by Gasteiger charge is 2.14. The molecule has 0 saturated carbocycles. The molecule has 22 heavy (non-hydrogen) atoms. The number of morpholine rings is 1. The zero-order chi connectivity index (χ0) is 15.2. The number of rotatable bonds is 6. The molecule has 0 unspecified atom stereocenters. The summed E-state index contributed by atoms with van der Waals surface area (Å²) in [6.45, 7) is 7.80. The zero-order valence-corrected chi connectivity index (χ0v) is 13.6. The van der Waals surface area contributed by atoms with E-state index in [1.54, 1.807) is 18.0 Å². The average molecular weight is 319 g/mol. The lowest BCUT2D eigenvalue weighted by atomic mass is 10.3. The summed E-state index contributed by atoms with van der Waals surface area (Å²) in [6, 6.07) is 3.95. The van der Waals surface area contributed by atoms with Crippen molar-refractivity contribution in [3.63, 3.8) is 0 Å². The molecular weight excluding hydrogens is 298 g/mol. The van der Waals surface area contributed by atoms with Crippen molar-refractivity contribution in [2.45, 2.75) is 18.6 Å². The van der Waals surface area contributed by atoms with Crippen molar-refractivity contribution in [3.8, 4) is 11.4 Å². The summed E-state index contributed by atoms with van der Waals surface area (Å²) in [6.07, 6.45) is 3.60. The van der Waals surface area contributed by atoms with Gasteiger partial charge in [0.15, 0.2) is 11.0 Å². The fourth-order valence-corrected chi connectivity index (χ4v) is 3.48. The molecule has 7 heteroatoms. The monoisotopic (exact) mass is 319 g/mol. The molecule has 0 amide bonds. The van der Waals surface area contributed by atoms with Crippen molar-refractivity contribution in [1.29, 1.82) is 0 Å². The van der Waals surface area contributed by atoms with E-state index in [0.29, 0.717) is 0 Å². The maximum Gasteiger partial charge on any atom is 0.191 e. The quantitative estimate of drug-likeness (QED) is 0.757. The van der Waals surface area contributed by atoms with Gasteiger partial charge in [0.2, 0.25) is 0 Å². The topological polar surface area (TPSA) is 56.1 Å². The molecule has 1 saturated heterocycles. The Labute approximate surface area is 134 Å². The molecule has 0 bridgehead atoms. The van der Waals surface area contributed by atoms with E-state index in [0.717, 1.165) is 61.7 Å². The highest BCUT2D eigenvalue weighted by atomic mass is 32.2. The van der Waals surface area contributed by atoms with E-state index in [9.17, 15) is 0 Å². The molecule has 1 aliphatic rings. The first-order valence-electron chi connectivity index (χ1n) is 7.65. The van der Waals surface area contributed by atoms with Crippen molar-refractivity contribution < 1.29 is 4.74 Å². The molecule has 1 aliphatic heterocycles. The summed E-state index contributed by atoms with van der Waals surface area (Å²) in [4.78, 5) is 6.60. The van der Waals surface area contributed by atoms with Crippen LogP contribution >= 0.6 is 11.8 Å². The van der Waals surface area contributed by atoms with E-state index in [1.165, 1.54) is 0 Å². The smallest absolute Gasteiger partial charge is 0.191 e. The van der Waals surface area contributed by atoms with Gasteiger partial charge in [0.25, 0.3) is 0 Å². The Balaban J connectivity index is 1.63. The molecule has 0 aliphatic carbocycles. The second kappa shape index (κ2) is 7.71. The first kappa shape index (κ1) is 15.5. The lowest BCUT2D eigenvalue weighted by Gasteiger charge is -2.26. The minimum Gasteiger partial charge on any atom is -0.379 e. The van der Waals surface area contributed by atoms with Gasteiger partial charge < -0.3 is 9.30 Å². The van der Waals surface area contributed by atoms with Crippen LogP contribution in [0, 0.1) is 0 Å². The van der Waals surface area contributed by atoms with Gasteiger partial charge in [-0.3, -0.25) is 9.88 Å². The molecule has 3 heterocycles. The van der Waals surface area contributed by atoms with Crippen LogP contribution in [0.1, 0.15) is 6.92 Å². The Morgan fingerprint density at radius 1 is 1.27 bits per heavy atom. The fourth-order valence-electron chi connectivity index (χ4n) is 2.48. The number of thioether (sulfide) groups is 1. The SMILES string of the molecule is CCn1c(SCCN2CCOCC2)nnc1-c1cccnc1. The molecule has 6 nitrogen and oxygen atoms in total. The van der Waals surface area contributed by atoms with E-state index in [-0.39, 0.29) is 0 Å². The van der Waals surface area contributed by atoms with Gasteiger partial charge in [-0.2, -0.15) is 0 Å². The van der Waals surface area contributed by atoms with Crippen LogP contribution in [0.4, 0.5) is 0 Å². The number of pyridine rings is 1. The molecule has 118 valence electrons. The molecular formula is C15H21N5OS. The summed E-state index contributed by atoms with van der Waals surface area (Å²) in [5.41, 5.74) is 1.01. The summed E-state index contributed by atoms with van der Waals surface area (Å²) < 4.78 is 7.53.